The van der Waals surface area contributed by atoms with E-state index in [-0.39, 0.29) is 0 Å². The molecule has 1 rings (SSSR count). The summed E-state index contributed by atoms with van der Waals surface area (Å²) in [6.07, 6.45) is 4.01. The summed E-state index contributed by atoms with van der Waals surface area (Å²) in [5.74, 6) is 5.15. The Hall–Kier alpha value is -0.750. The van der Waals surface area contributed by atoms with Crippen molar-refractivity contribution in [3.05, 3.63) is 0 Å². The molecule has 38 valence electrons. The molecule has 1 fully saturated rings. The molecule has 0 aromatic heterocycles. The molecule has 7 heavy (non-hydrogen) atoms. The zero-order valence-corrected chi connectivity index (χ0v) is 3.96. The van der Waals surface area contributed by atoms with E-state index in [2.05, 4.69) is 0 Å². The minimum Gasteiger partial charge on any atom is -0.244 e. The summed E-state index contributed by atoms with van der Waals surface area (Å²) < 4.78 is 0. The van der Waals surface area contributed by atoms with Crippen LogP contribution in [0.4, 0.5) is 0 Å². The van der Waals surface area contributed by atoms with Crippen LogP contribution >= 0.6 is 0 Å². The first-order chi connectivity index (χ1) is 3.34. The lowest BCUT2D eigenvalue weighted by Crippen LogP contribution is -2.27. The van der Waals surface area contributed by atoms with Crippen molar-refractivity contribution in [3.63, 3.8) is 0 Å². The fourth-order valence-corrected chi connectivity index (χ4v) is 0.434. The molecule has 2 N–H and O–H groups in total. The van der Waals surface area contributed by atoms with Crippen molar-refractivity contribution in [2.24, 2.45) is 5.84 Å². The third-order valence-electron chi connectivity index (χ3n) is 1.06. The first-order valence-corrected chi connectivity index (χ1v) is 2.28. The first kappa shape index (κ1) is 4.41. The maximum absolute atomic E-state index is 8.10. The van der Waals surface area contributed by atoms with E-state index in [1.165, 1.54) is 5.01 Å². The fraction of sp³-hybridized carbons (Fsp3) is 0.750. The van der Waals surface area contributed by atoms with Gasteiger partial charge in [-0.1, -0.05) is 0 Å². The molecule has 1 saturated carbocycles. The molecule has 1 aliphatic rings. The Bertz CT molecular complexity index is 100.0. The van der Waals surface area contributed by atoms with Crippen molar-refractivity contribution >= 4 is 0 Å². The predicted molar refractivity (Wildman–Crippen MR) is 24.7 cm³/mol. The molecule has 1 aliphatic carbocycles. The SMILES string of the molecule is N#CN(N)C1CC1. The number of nitriles is 1. The molecule has 0 amide bonds. The Labute approximate surface area is 42.3 Å². The van der Waals surface area contributed by atoms with E-state index >= 15 is 0 Å². The molecule has 0 aliphatic heterocycles. The van der Waals surface area contributed by atoms with Crippen LogP contribution in [-0.4, -0.2) is 11.1 Å². The molecular weight excluding hydrogens is 90.1 g/mol. The van der Waals surface area contributed by atoms with Gasteiger partial charge in [0.1, 0.15) is 0 Å². The first-order valence-electron chi connectivity index (χ1n) is 2.28. The molecule has 3 nitrogen and oxygen atoms in total. The second-order valence-corrected chi connectivity index (χ2v) is 1.74. The number of nitrogens with two attached hydrogens (primary N) is 1. The summed E-state index contributed by atoms with van der Waals surface area (Å²) in [5, 5.41) is 9.30. The summed E-state index contributed by atoms with van der Waals surface area (Å²) in [5.41, 5.74) is 0. The number of rotatable bonds is 1. The lowest BCUT2D eigenvalue weighted by molar-refractivity contribution is 0.401. The predicted octanol–water partition coefficient (Wildman–Crippen LogP) is -0.194. The fourth-order valence-electron chi connectivity index (χ4n) is 0.434. The Balaban J connectivity index is 2.27. The van der Waals surface area contributed by atoms with Crippen LogP contribution in [0.15, 0.2) is 0 Å². The highest BCUT2D eigenvalue weighted by atomic mass is 15.4. The molecule has 0 unspecified atom stereocenters. The Kier molecular flexibility index (Phi) is 0.878. The van der Waals surface area contributed by atoms with Crippen LogP contribution in [0.5, 0.6) is 0 Å². The molecule has 0 aromatic carbocycles. The smallest absolute Gasteiger partial charge is 0.195 e. The van der Waals surface area contributed by atoms with Crippen LogP contribution in [0, 0.1) is 11.5 Å². The Morgan fingerprint density at radius 2 is 2.29 bits per heavy atom. The average Bonchev–Trinajstić information content (AvgIpc) is 2.44. The van der Waals surface area contributed by atoms with Gasteiger partial charge in [-0.15, -0.1) is 0 Å². The highest BCUT2D eigenvalue weighted by molar-refractivity contribution is 4.87. The summed E-state index contributed by atoms with van der Waals surface area (Å²) >= 11 is 0. The highest BCUT2D eigenvalue weighted by Gasteiger charge is 2.25. The third kappa shape index (κ3) is 0.815. The van der Waals surface area contributed by atoms with Crippen molar-refractivity contribution in [1.82, 2.24) is 5.01 Å². The maximum Gasteiger partial charge on any atom is 0.195 e. The topological polar surface area (TPSA) is 53.0 Å². The van der Waals surface area contributed by atoms with Crippen LogP contribution in [0.2, 0.25) is 0 Å². The highest BCUT2D eigenvalue weighted by Crippen LogP contribution is 2.22. The molecule has 0 radical (unpaired) electrons. The molecule has 3 heteroatoms. The number of hydrogen-bond acceptors (Lipinski definition) is 3. The second-order valence-electron chi connectivity index (χ2n) is 1.74. The second kappa shape index (κ2) is 1.39. The van der Waals surface area contributed by atoms with Gasteiger partial charge < -0.3 is 0 Å². The minimum absolute atomic E-state index is 0.366. The van der Waals surface area contributed by atoms with Gasteiger partial charge in [-0.3, -0.25) is 0 Å². The molecule has 0 bridgehead atoms. The quantitative estimate of drug-likeness (QED) is 0.213. The summed E-state index contributed by atoms with van der Waals surface area (Å²) in [6, 6.07) is 0.366. The minimum atomic E-state index is 0.366. The Morgan fingerprint density at radius 1 is 1.71 bits per heavy atom. The average molecular weight is 97.1 g/mol. The maximum atomic E-state index is 8.10. The van der Waals surface area contributed by atoms with Crippen molar-refractivity contribution in [2.75, 3.05) is 0 Å². The molecule has 0 aromatic rings. The van der Waals surface area contributed by atoms with Gasteiger partial charge in [0, 0.05) is 0 Å². The summed E-state index contributed by atoms with van der Waals surface area (Å²) in [6.45, 7) is 0. The number of hydrogen-bond donors (Lipinski definition) is 1. The van der Waals surface area contributed by atoms with Gasteiger partial charge in [0.2, 0.25) is 0 Å². The van der Waals surface area contributed by atoms with E-state index < -0.39 is 0 Å². The lowest BCUT2D eigenvalue weighted by atomic mass is 10.7. The van der Waals surface area contributed by atoms with Gasteiger partial charge in [0.15, 0.2) is 6.19 Å². The van der Waals surface area contributed by atoms with E-state index in [1.54, 1.807) is 0 Å². The van der Waals surface area contributed by atoms with E-state index in [4.69, 9.17) is 11.1 Å². The van der Waals surface area contributed by atoms with Gasteiger partial charge in [0.05, 0.1) is 6.04 Å². The van der Waals surface area contributed by atoms with Gasteiger partial charge in [-0.2, -0.15) is 5.26 Å². The van der Waals surface area contributed by atoms with Crippen LogP contribution < -0.4 is 5.84 Å². The zero-order chi connectivity index (χ0) is 5.28. The largest absolute Gasteiger partial charge is 0.244 e. The summed E-state index contributed by atoms with van der Waals surface area (Å²) in [4.78, 5) is 0. The molecule has 0 atom stereocenters. The van der Waals surface area contributed by atoms with Crippen molar-refractivity contribution in [2.45, 2.75) is 18.9 Å². The van der Waals surface area contributed by atoms with Crippen LogP contribution in [0.1, 0.15) is 12.8 Å². The van der Waals surface area contributed by atoms with E-state index in [0.29, 0.717) is 6.04 Å². The molecule has 0 spiro atoms. The zero-order valence-electron chi connectivity index (χ0n) is 3.96. The van der Waals surface area contributed by atoms with Crippen LogP contribution in [0.3, 0.4) is 0 Å². The van der Waals surface area contributed by atoms with Crippen LogP contribution in [0.25, 0.3) is 0 Å². The Morgan fingerprint density at radius 3 is 2.43 bits per heavy atom. The molecule has 0 saturated heterocycles. The molecular formula is C4H7N3. The normalized spacial score (nSPS) is 18.3. The lowest BCUT2D eigenvalue weighted by Gasteiger charge is -2.01. The van der Waals surface area contributed by atoms with Crippen molar-refractivity contribution in [3.8, 4) is 6.19 Å². The monoisotopic (exact) mass is 97.1 g/mol. The number of nitrogens with zero attached hydrogens (tertiary/aromatic N) is 2. The van der Waals surface area contributed by atoms with Crippen molar-refractivity contribution in [1.29, 1.82) is 5.26 Å². The van der Waals surface area contributed by atoms with Crippen LogP contribution in [-0.2, 0) is 0 Å². The van der Waals surface area contributed by atoms with E-state index in [9.17, 15) is 0 Å². The standard InChI is InChI=1S/C4H7N3/c5-3-7(6)4-1-2-4/h4H,1-2,6H2. The third-order valence-corrected chi connectivity index (χ3v) is 1.06. The van der Waals surface area contributed by atoms with Gasteiger partial charge in [-0.25, -0.2) is 10.9 Å². The summed E-state index contributed by atoms with van der Waals surface area (Å²) in [7, 11) is 0. The van der Waals surface area contributed by atoms with Gasteiger partial charge >= 0.3 is 0 Å². The molecule has 0 heterocycles. The van der Waals surface area contributed by atoms with Gasteiger partial charge in [-0.05, 0) is 12.8 Å². The number of hydrazine groups is 1. The van der Waals surface area contributed by atoms with E-state index in [1.807, 2.05) is 6.19 Å². The van der Waals surface area contributed by atoms with Crippen molar-refractivity contribution < 1.29 is 0 Å². The van der Waals surface area contributed by atoms with Gasteiger partial charge in [0.25, 0.3) is 0 Å². The van der Waals surface area contributed by atoms with E-state index in [0.717, 1.165) is 12.8 Å².